The molecule has 0 spiro atoms. The van der Waals surface area contributed by atoms with E-state index in [1.54, 1.807) is 50.4 Å². The maximum atomic E-state index is 15.8. The highest BCUT2D eigenvalue weighted by Gasteiger charge is 2.47. The number of halogens is 1. The molecule has 2 atom stereocenters. The Morgan fingerprint density at radius 2 is 1.54 bits per heavy atom. The van der Waals surface area contributed by atoms with E-state index in [-0.39, 0.29) is 17.5 Å². The summed E-state index contributed by atoms with van der Waals surface area (Å²) in [6, 6.07) is 19.7. The molecule has 6 nitrogen and oxygen atoms in total. The third-order valence-electron chi connectivity index (χ3n) is 6.24. The van der Waals surface area contributed by atoms with Crippen molar-refractivity contribution in [1.29, 1.82) is 0 Å². The molecule has 2 aromatic carbocycles. The molecule has 0 fully saturated rings. The molecule has 35 heavy (non-hydrogen) atoms. The molecule has 0 saturated carbocycles. The molecule has 180 valence electrons. The number of carbonyl (C=O) groups is 3. The molecule has 1 aromatic heterocycles. The van der Waals surface area contributed by atoms with Crippen LogP contribution in [0.15, 0.2) is 79.0 Å². The van der Waals surface area contributed by atoms with Gasteiger partial charge in [0.25, 0.3) is 11.8 Å². The highest BCUT2D eigenvalue weighted by molar-refractivity contribution is 6.23. The van der Waals surface area contributed by atoms with Gasteiger partial charge in [0.05, 0.1) is 22.4 Å². The second-order valence-electron chi connectivity index (χ2n) is 9.19. The van der Waals surface area contributed by atoms with Gasteiger partial charge in [0.2, 0.25) is 5.91 Å². The summed E-state index contributed by atoms with van der Waals surface area (Å²) in [7, 11) is 0. The van der Waals surface area contributed by atoms with Crippen LogP contribution < -0.4 is 5.32 Å². The number of hydrogen-bond acceptors (Lipinski definition) is 4. The van der Waals surface area contributed by atoms with Crippen molar-refractivity contribution in [2.45, 2.75) is 50.9 Å². The van der Waals surface area contributed by atoms with E-state index in [1.807, 2.05) is 30.3 Å². The Morgan fingerprint density at radius 3 is 2.14 bits per heavy atom. The van der Waals surface area contributed by atoms with Crippen LogP contribution >= 0.6 is 0 Å². The average Bonchev–Trinajstić information content (AvgIpc) is 3.10. The summed E-state index contributed by atoms with van der Waals surface area (Å²) < 4.78 is 15.8. The lowest BCUT2D eigenvalue weighted by molar-refractivity contribution is -0.129. The van der Waals surface area contributed by atoms with Crippen LogP contribution in [0.1, 0.15) is 58.7 Å². The molecule has 1 N–H and O–H groups in total. The molecule has 0 unspecified atom stereocenters. The van der Waals surface area contributed by atoms with Gasteiger partial charge in [0.15, 0.2) is 0 Å². The Kier molecular flexibility index (Phi) is 7.05. The fraction of sp³-hybridized carbons (Fsp3) is 0.286. The molecule has 0 aliphatic carbocycles. The largest absolute Gasteiger partial charge is 0.344 e. The third kappa shape index (κ3) is 5.14. The SMILES string of the molecule is CC(C)(NC(=O)[C@H]([C@@H](F)CCCc1ccccc1)N1C(=O)c2ccccc2C1=O)c1ccccn1. The van der Waals surface area contributed by atoms with Gasteiger partial charge in [-0.2, -0.15) is 0 Å². The van der Waals surface area contributed by atoms with Gasteiger partial charge in [-0.05, 0) is 62.9 Å². The van der Waals surface area contributed by atoms with Crippen molar-refractivity contribution in [3.8, 4) is 0 Å². The van der Waals surface area contributed by atoms with Crippen LogP contribution in [0.4, 0.5) is 4.39 Å². The maximum absolute atomic E-state index is 15.8. The maximum Gasteiger partial charge on any atom is 0.262 e. The first-order chi connectivity index (χ1) is 16.8. The zero-order valence-corrected chi connectivity index (χ0v) is 19.8. The van der Waals surface area contributed by atoms with E-state index < -0.39 is 35.5 Å². The van der Waals surface area contributed by atoms with E-state index in [2.05, 4.69) is 10.3 Å². The fourth-order valence-corrected chi connectivity index (χ4v) is 4.39. The first-order valence-electron chi connectivity index (χ1n) is 11.7. The van der Waals surface area contributed by atoms with Crippen LogP contribution in [0.2, 0.25) is 0 Å². The van der Waals surface area contributed by atoms with Crippen LogP contribution in [-0.4, -0.2) is 39.8 Å². The Hall–Kier alpha value is -3.87. The predicted octanol–water partition coefficient (Wildman–Crippen LogP) is 4.46. The Labute approximate surface area is 204 Å². The minimum atomic E-state index is -1.74. The molecule has 0 bridgehead atoms. The molecular formula is C28H28FN3O3. The number of nitrogens with one attached hydrogen (secondary N) is 1. The molecule has 4 rings (SSSR count). The molecule has 1 aliphatic heterocycles. The molecule has 0 radical (unpaired) electrons. The van der Waals surface area contributed by atoms with E-state index in [0.717, 1.165) is 10.5 Å². The van der Waals surface area contributed by atoms with Crippen LogP contribution in [0.25, 0.3) is 0 Å². The summed E-state index contributed by atoms with van der Waals surface area (Å²) >= 11 is 0. The van der Waals surface area contributed by atoms with Gasteiger partial charge in [-0.3, -0.25) is 24.3 Å². The standard InChI is InChI=1S/C28H28FN3O3/c1-28(2,23-17-8-9-18-30-23)31-25(33)24(22(29)16-10-13-19-11-4-3-5-12-19)32-26(34)20-14-6-7-15-21(20)27(32)35/h3-9,11-12,14-15,17-18,22,24H,10,13,16H2,1-2H3,(H,31,33)/t22-,24-/m0/s1. The van der Waals surface area contributed by atoms with Gasteiger partial charge >= 0.3 is 0 Å². The van der Waals surface area contributed by atoms with E-state index in [4.69, 9.17) is 0 Å². The normalized spacial score (nSPS) is 15.0. The zero-order valence-electron chi connectivity index (χ0n) is 19.8. The van der Waals surface area contributed by atoms with Crippen molar-refractivity contribution in [3.05, 3.63) is 101 Å². The smallest absolute Gasteiger partial charge is 0.262 e. The van der Waals surface area contributed by atoms with Gasteiger partial charge in [-0.1, -0.05) is 48.5 Å². The molecule has 1 aliphatic rings. The summed E-state index contributed by atoms with van der Waals surface area (Å²) in [6.07, 6.45) is 0.968. The second kappa shape index (κ2) is 10.2. The molecule has 2 heterocycles. The first kappa shape index (κ1) is 24.3. The van der Waals surface area contributed by atoms with Crippen molar-refractivity contribution in [2.24, 2.45) is 0 Å². The van der Waals surface area contributed by atoms with Crippen LogP contribution in [0, 0.1) is 0 Å². The number of aromatic nitrogens is 1. The third-order valence-corrected chi connectivity index (χ3v) is 6.24. The van der Waals surface area contributed by atoms with Crippen molar-refractivity contribution >= 4 is 17.7 Å². The van der Waals surface area contributed by atoms with Crippen LogP contribution in [-0.2, 0) is 16.8 Å². The van der Waals surface area contributed by atoms with Gasteiger partial charge in [-0.25, -0.2) is 4.39 Å². The van der Waals surface area contributed by atoms with Gasteiger partial charge in [0, 0.05) is 6.20 Å². The van der Waals surface area contributed by atoms with Crippen molar-refractivity contribution < 1.29 is 18.8 Å². The molecule has 3 amide bonds. The Balaban J connectivity index is 1.58. The summed E-state index contributed by atoms with van der Waals surface area (Å²) in [5.74, 6) is -2.05. The number of hydrogen-bond donors (Lipinski definition) is 1. The molecular weight excluding hydrogens is 445 g/mol. The minimum Gasteiger partial charge on any atom is -0.344 e. The Morgan fingerprint density at radius 1 is 0.943 bits per heavy atom. The lowest BCUT2D eigenvalue weighted by Gasteiger charge is -2.33. The summed E-state index contributed by atoms with van der Waals surface area (Å²) in [5, 5.41) is 2.82. The van der Waals surface area contributed by atoms with Gasteiger partial charge in [-0.15, -0.1) is 0 Å². The lowest BCUT2D eigenvalue weighted by atomic mass is 9.96. The van der Waals surface area contributed by atoms with Crippen molar-refractivity contribution in [1.82, 2.24) is 15.2 Å². The van der Waals surface area contributed by atoms with E-state index >= 15 is 4.39 Å². The quantitative estimate of drug-likeness (QED) is 0.466. The first-order valence-corrected chi connectivity index (χ1v) is 11.7. The number of carbonyl (C=O) groups excluding carboxylic acids is 3. The number of aryl methyl sites for hydroxylation is 1. The molecule has 0 saturated heterocycles. The fourth-order valence-electron chi connectivity index (χ4n) is 4.39. The van der Waals surface area contributed by atoms with E-state index in [0.29, 0.717) is 18.5 Å². The predicted molar refractivity (Wildman–Crippen MR) is 130 cm³/mol. The minimum absolute atomic E-state index is 0.0183. The van der Waals surface area contributed by atoms with Gasteiger partial charge < -0.3 is 5.32 Å². The number of benzene rings is 2. The van der Waals surface area contributed by atoms with Crippen molar-refractivity contribution in [3.63, 3.8) is 0 Å². The Bertz CT molecular complexity index is 1180. The number of nitrogens with zero attached hydrogens (tertiary/aromatic N) is 2. The van der Waals surface area contributed by atoms with E-state index in [9.17, 15) is 14.4 Å². The highest BCUT2D eigenvalue weighted by atomic mass is 19.1. The number of pyridine rings is 1. The van der Waals surface area contributed by atoms with Crippen LogP contribution in [0.5, 0.6) is 0 Å². The second-order valence-corrected chi connectivity index (χ2v) is 9.19. The number of rotatable bonds is 9. The topological polar surface area (TPSA) is 79.4 Å². The van der Waals surface area contributed by atoms with Crippen LogP contribution in [0.3, 0.4) is 0 Å². The molecule has 7 heteroatoms. The number of amides is 3. The summed E-state index contributed by atoms with van der Waals surface area (Å²) in [4.78, 5) is 44.9. The average molecular weight is 474 g/mol. The lowest BCUT2D eigenvalue weighted by Crippen LogP contribution is -2.57. The number of imide groups is 1. The highest BCUT2D eigenvalue weighted by Crippen LogP contribution is 2.29. The summed E-state index contributed by atoms with van der Waals surface area (Å²) in [5.41, 5.74) is 1.04. The van der Waals surface area contributed by atoms with E-state index in [1.165, 1.54) is 12.1 Å². The number of fused-ring (bicyclic) bond motifs is 1. The zero-order chi connectivity index (χ0) is 25.0. The summed E-state index contributed by atoms with van der Waals surface area (Å²) in [6.45, 7) is 3.49. The van der Waals surface area contributed by atoms with Gasteiger partial charge in [0.1, 0.15) is 12.2 Å². The number of alkyl halides is 1. The molecule has 3 aromatic rings. The van der Waals surface area contributed by atoms with Crippen molar-refractivity contribution in [2.75, 3.05) is 0 Å². The monoisotopic (exact) mass is 473 g/mol.